The molecule has 2 spiro atoms. The van der Waals surface area contributed by atoms with Crippen LogP contribution < -0.4 is 10.6 Å². The molecule has 3 aliphatic heterocycles. The molecule has 1 saturated carbocycles. The van der Waals surface area contributed by atoms with Gasteiger partial charge in [-0.3, -0.25) is 5.32 Å². The summed E-state index contributed by atoms with van der Waals surface area (Å²) in [7, 11) is 0. The standard InChI is InChI=1S/C13H23N3O/c1-2-11(1)16-7-4-13(5-8-16)15-6-3-12(17-13)9-14-10-12/h11,14-15H,1-10H2. The van der Waals surface area contributed by atoms with E-state index in [9.17, 15) is 0 Å². The molecule has 4 nitrogen and oxygen atoms in total. The zero-order valence-corrected chi connectivity index (χ0v) is 10.5. The highest BCUT2D eigenvalue weighted by Crippen LogP contribution is 2.38. The molecule has 0 aromatic heterocycles. The van der Waals surface area contributed by atoms with E-state index in [2.05, 4.69) is 15.5 Å². The van der Waals surface area contributed by atoms with Crippen LogP contribution in [-0.4, -0.2) is 55.0 Å². The fourth-order valence-electron chi connectivity index (χ4n) is 3.64. The van der Waals surface area contributed by atoms with Crippen LogP contribution in [0.1, 0.15) is 32.1 Å². The van der Waals surface area contributed by atoms with Crippen LogP contribution in [0, 0.1) is 0 Å². The van der Waals surface area contributed by atoms with E-state index in [4.69, 9.17) is 4.74 Å². The second-order valence-electron chi connectivity index (χ2n) is 6.33. The largest absolute Gasteiger partial charge is 0.351 e. The van der Waals surface area contributed by atoms with Gasteiger partial charge in [0.1, 0.15) is 5.72 Å². The van der Waals surface area contributed by atoms with Gasteiger partial charge in [-0.05, 0) is 19.3 Å². The Morgan fingerprint density at radius 1 is 1.06 bits per heavy atom. The van der Waals surface area contributed by atoms with E-state index in [0.717, 1.165) is 25.7 Å². The van der Waals surface area contributed by atoms with Gasteiger partial charge in [-0.15, -0.1) is 0 Å². The SMILES string of the molecule is C1CC2(CNC2)OC2(CCN(C3CC3)CC2)N1. The third kappa shape index (κ3) is 1.82. The highest BCUT2D eigenvalue weighted by atomic mass is 16.5. The van der Waals surface area contributed by atoms with Gasteiger partial charge >= 0.3 is 0 Å². The molecule has 4 heteroatoms. The Bertz CT molecular complexity index is 304. The highest BCUT2D eigenvalue weighted by Gasteiger charge is 2.50. The second kappa shape index (κ2) is 3.67. The summed E-state index contributed by atoms with van der Waals surface area (Å²) in [5, 5.41) is 7.03. The van der Waals surface area contributed by atoms with Crippen molar-refractivity contribution in [3.8, 4) is 0 Å². The average molecular weight is 237 g/mol. The van der Waals surface area contributed by atoms with Crippen molar-refractivity contribution >= 4 is 0 Å². The minimum atomic E-state index is 0.00569. The molecule has 2 N–H and O–H groups in total. The average Bonchev–Trinajstić information content (AvgIpc) is 3.12. The molecule has 0 aromatic rings. The van der Waals surface area contributed by atoms with E-state index in [1.165, 1.54) is 45.2 Å². The molecule has 4 fully saturated rings. The quantitative estimate of drug-likeness (QED) is 0.687. The molecule has 0 unspecified atom stereocenters. The van der Waals surface area contributed by atoms with Crippen molar-refractivity contribution in [1.82, 2.24) is 15.5 Å². The second-order valence-corrected chi connectivity index (χ2v) is 6.33. The Hall–Kier alpha value is -0.160. The summed E-state index contributed by atoms with van der Waals surface area (Å²) in [5.74, 6) is 0. The van der Waals surface area contributed by atoms with Crippen molar-refractivity contribution in [2.75, 3.05) is 32.7 Å². The molecule has 1 aliphatic carbocycles. The molecule has 96 valence electrons. The fraction of sp³-hybridized carbons (Fsp3) is 1.00. The van der Waals surface area contributed by atoms with Gasteiger partial charge < -0.3 is 15.0 Å². The number of likely N-dealkylation sites (tertiary alicyclic amines) is 1. The van der Waals surface area contributed by atoms with Crippen LogP contribution in [0.15, 0.2) is 0 Å². The van der Waals surface area contributed by atoms with Gasteiger partial charge in [0.2, 0.25) is 0 Å². The number of nitrogens with one attached hydrogen (secondary N) is 2. The van der Waals surface area contributed by atoms with Crippen LogP contribution in [0.4, 0.5) is 0 Å². The number of hydrogen-bond acceptors (Lipinski definition) is 4. The Labute approximate surface area is 103 Å². The van der Waals surface area contributed by atoms with Crippen LogP contribution >= 0.6 is 0 Å². The molecule has 3 saturated heterocycles. The van der Waals surface area contributed by atoms with Gasteiger partial charge in [0.15, 0.2) is 0 Å². The van der Waals surface area contributed by atoms with E-state index in [1.54, 1.807) is 0 Å². The minimum Gasteiger partial charge on any atom is -0.351 e. The van der Waals surface area contributed by atoms with E-state index < -0.39 is 0 Å². The lowest BCUT2D eigenvalue weighted by molar-refractivity contribution is -0.234. The van der Waals surface area contributed by atoms with Gasteiger partial charge in [-0.1, -0.05) is 0 Å². The Kier molecular flexibility index (Phi) is 2.32. The summed E-state index contributed by atoms with van der Waals surface area (Å²) < 4.78 is 6.49. The van der Waals surface area contributed by atoms with Crippen molar-refractivity contribution in [2.24, 2.45) is 0 Å². The summed E-state index contributed by atoms with van der Waals surface area (Å²) in [4.78, 5) is 2.66. The Balaban J connectivity index is 1.42. The first-order valence-corrected chi connectivity index (χ1v) is 7.19. The first-order chi connectivity index (χ1) is 8.29. The van der Waals surface area contributed by atoms with Gasteiger partial charge in [-0.25, -0.2) is 0 Å². The highest BCUT2D eigenvalue weighted by molar-refractivity contribution is 5.03. The van der Waals surface area contributed by atoms with Gasteiger partial charge in [-0.2, -0.15) is 0 Å². The maximum atomic E-state index is 6.49. The smallest absolute Gasteiger partial charge is 0.122 e. The van der Waals surface area contributed by atoms with E-state index in [-0.39, 0.29) is 11.3 Å². The maximum absolute atomic E-state index is 6.49. The monoisotopic (exact) mass is 237 g/mol. The molecule has 0 bridgehead atoms. The van der Waals surface area contributed by atoms with Crippen molar-refractivity contribution in [1.29, 1.82) is 0 Å². The third-order valence-electron chi connectivity index (χ3n) is 5.00. The molecule has 3 heterocycles. The number of piperidine rings is 1. The van der Waals surface area contributed by atoms with Crippen LogP contribution in [0.2, 0.25) is 0 Å². The Morgan fingerprint density at radius 2 is 1.82 bits per heavy atom. The summed E-state index contributed by atoms with van der Waals surface area (Å²) in [5.41, 5.74) is 0.179. The predicted octanol–water partition coefficient (Wildman–Crippen LogP) is 0.293. The lowest BCUT2D eigenvalue weighted by Crippen LogP contribution is -2.72. The van der Waals surface area contributed by atoms with Gasteiger partial charge in [0.05, 0.1) is 5.60 Å². The molecule has 4 rings (SSSR count). The van der Waals surface area contributed by atoms with Crippen molar-refractivity contribution in [2.45, 2.75) is 49.5 Å². The normalized spacial score (nSPS) is 36.0. The molecule has 0 atom stereocenters. The zero-order valence-electron chi connectivity index (χ0n) is 10.5. The number of rotatable bonds is 1. The van der Waals surface area contributed by atoms with Crippen LogP contribution in [0.5, 0.6) is 0 Å². The van der Waals surface area contributed by atoms with Crippen molar-refractivity contribution < 1.29 is 4.74 Å². The maximum Gasteiger partial charge on any atom is 0.122 e. The fourth-order valence-corrected chi connectivity index (χ4v) is 3.64. The summed E-state index contributed by atoms with van der Waals surface area (Å²) in [6, 6.07) is 0.912. The first-order valence-electron chi connectivity index (χ1n) is 7.19. The molecule has 0 amide bonds. The van der Waals surface area contributed by atoms with Crippen LogP contribution in [0.25, 0.3) is 0 Å². The van der Waals surface area contributed by atoms with Gasteiger partial charge in [0.25, 0.3) is 0 Å². The summed E-state index contributed by atoms with van der Waals surface area (Å²) >= 11 is 0. The molecule has 0 aromatic carbocycles. The zero-order chi connectivity index (χ0) is 11.3. The topological polar surface area (TPSA) is 36.5 Å². The molecule has 0 radical (unpaired) electrons. The number of hydrogen-bond donors (Lipinski definition) is 2. The van der Waals surface area contributed by atoms with Gasteiger partial charge in [0, 0.05) is 51.6 Å². The minimum absolute atomic E-state index is 0.00569. The lowest BCUT2D eigenvalue weighted by atomic mass is 9.87. The number of ether oxygens (including phenoxy) is 1. The predicted molar refractivity (Wildman–Crippen MR) is 65.9 cm³/mol. The molecule has 4 aliphatic rings. The lowest BCUT2D eigenvalue weighted by Gasteiger charge is -2.55. The molecule has 17 heavy (non-hydrogen) atoms. The van der Waals surface area contributed by atoms with E-state index in [1.807, 2.05) is 0 Å². The van der Waals surface area contributed by atoms with Crippen molar-refractivity contribution in [3.63, 3.8) is 0 Å². The van der Waals surface area contributed by atoms with E-state index in [0.29, 0.717) is 0 Å². The third-order valence-corrected chi connectivity index (χ3v) is 5.00. The Morgan fingerprint density at radius 3 is 2.41 bits per heavy atom. The summed E-state index contributed by atoms with van der Waals surface area (Å²) in [6.07, 6.45) is 6.37. The van der Waals surface area contributed by atoms with Crippen LogP contribution in [0.3, 0.4) is 0 Å². The first kappa shape index (κ1) is 10.7. The number of nitrogens with zero attached hydrogens (tertiary/aromatic N) is 1. The molecular formula is C13H23N3O. The van der Waals surface area contributed by atoms with E-state index >= 15 is 0 Å². The summed E-state index contributed by atoms with van der Waals surface area (Å²) in [6.45, 7) is 5.69. The molecular weight excluding hydrogens is 214 g/mol. The van der Waals surface area contributed by atoms with Crippen LogP contribution in [-0.2, 0) is 4.74 Å². The van der Waals surface area contributed by atoms with Crippen molar-refractivity contribution in [3.05, 3.63) is 0 Å².